The fourth-order valence-corrected chi connectivity index (χ4v) is 2.12. The van der Waals surface area contributed by atoms with Gasteiger partial charge in [0.25, 0.3) is 0 Å². The van der Waals surface area contributed by atoms with E-state index in [0.717, 1.165) is 17.8 Å². The van der Waals surface area contributed by atoms with E-state index in [4.69, 9.17) is 5.73 Å². The van der Waals surface area contributed by atoms with E-state index >= 15 is 0 Å². The molecule has 0 radical (unpaired) electrons. The van der Waals surface area contributed by atoms with Crippen LogP contribution in [0.15, 0.2) is 6.20 Å². The number of nitrogens with two attached hydrogens (primary N) is 1. The summed E-state index contributed by atoms with van der Waals surface area (Å²) in [7, 11) is 1.84. The number of carbonyl (C=O) groups excluding carboxylic acids is 1. The average molecular weight is 252 g/mol. The fraction of sp³-hybridized carbons (Fsp3) is 0.692. The second kappa shape index (κ2) is 6.54. The van der Waals surface area contributed by atoms with Gasteiger partial charge in [0.1, 0.15) is 0 Å². The Kier molecular flexibility index (Phi) is 5.34. The minimum atomic E-state index is 0.0159. The topological polar surface area (TPSA) is 72.9 Å². The first-order chi connectivity index (χ1) is 8.42. The third-order valence-corrected chi connectivity index (χ3v) is 2.90. The van der Waals surface area contributed by atoms with E-state index in [9.17, 15) is 4.79 Å². The molecule has 1 rings (SSSR count). The maximum absolute atomic E-state index is 11.9. The van der Waals surface area contributed by atoms with Crippen molar-refractivity contribution in [2.45, 2.75) is 33.6 Å². The van der Waals surface area contributed by atoms with Crippen molar-refractivity contribution in [2.24, 2.45) is 24.6 Å². The standard InChI is InChI=1S/C13H24N4O/c1-9(2)5-11(7-14)6-13(18)15-12-8-17(4)16-10(12)3/h8-9,11H,5-7,14H2,1-4H3,(H,15,18). The van der Waals surface area contributed by atoms with Gasteiger partial charge in [-0.3, -0.25) is 9.48 Å². The normalized spacial score (nSPS) is 12.8. The molecule has 0 bridgehead atoms. The average Bonchev–Trinajstić information content (AvgIpc) is 2.55. The van der Waals surface area contributed by atoms with Crippen LogP contribution in [-0.4, -0.2) is 22.2 Å². The first-order valence-corrected chi connectivity index (χ1v) is 6.42. The van der Waals surface area contributed by atoms with Gasteiger partial charge < -0.3 is 11.1 Å². The van der Waals surface area contributed by atoms with Crippen molar-refractivity contribution < 1.29 is 4.79 Å². The number of aryl methyl sites for hydroxylation is 2. The predicted molar refractivity (Wildman–Crippen MR) is 73.2 cm³/mol. The number of anilines is 1. The van der Waals surface area contributed by atoms with Gasteiger partial charge in [0.15, 0.2) is 0 Å². The Morgan fingerprint density at radius 1 is 1.56 bits per heavy atom. The van der Waals surface area contributed by atoms with Crippen molar-refractivity contribution in [3.05, 3.63) is 11.9 Å². The summed E-state index contributed by atoms with van der Waals surface area (Å²) in [6.45, 7) is 6.72. The number of carbonyl (C=O) groups is 1. The highest BCUT2D eigenvalue weighted by Gasteiger charge is 2.15. The summed E-state index contributed by atoms with van der Waals surface area (Å²) in [4.78, 5) is 11.9. The minimum Gasteiger partial charge on any atom is -0.330 e. The molecule has 0 saturated heterocycles. The summed E-state index contributed by atoms with van der Waals surface area (Å²) in [5, 5.41) is 7.08. The van der Waals surface area contributed by atoms with Crippen LogP contribution in [-0.2, 0) is 11.8 Å². The molecule has 0 saturated carbocycles. The number of hydrogen-bond acceptors (Lipinski definition) is 3. The molecule has 5 nitrogen and oxygen atoms in total. The van der Waals surface area contributed by atoms with Crippen LogP contribution in [0.3, 0.4) is 0 Å². The first-order valence-electron chi connectivity index (χ1n) is 6.42. The largest absolute Gasteiger partial charge is 0.330 e. The number of hydrogen-bond donors (Lipinski definition) is 2. The summed E-state index contributed by atoms with van der Waals surface area (Å²) < 4.78 is 1.69. The quantitative estimate of drug-likeness (QED) is 0.809. The van der Waals surface area contributed by atoms with Crippen LogP contribution in [0.4, 0.5) is 5.69 Å². The lowest BCUT2D eigenvalue weighted by atomic mass is 9.94. The molecule has 0 aliphatic heterocycles. The van der Waals surface area contributed by atoms with Crippen molar-refractivity contribution in [1.82, 2.24) is 9.78 Å². The Bertz CT molecular complexity index is 398. The van der Waals surface area contributed by atoms with Crippen LogP contribution < -0.4 is 11.1 Å². The maximum Gasteiger partial charge on any atom is 0.224 e. The second-order valence-electron chi connectivity index (χ2n) is 5.29. The molecule has 18 heavy (non-hydrogen) atoms. The molecule has 0 aliphatic carbocycles. The lowest BCUT2D eigenvalue weighted by Gasteiger charge is -2.16. The summed E-state index contributed by atoms with van der Waals surface area (Å²) in [5.74, 6) is 0.829. The zero-order valence-electron chi connectivity index (χ0n) is 11.7. The molecule has 0 fully saturated rings. The zero-order chi connectivity index (χ0) is 13.7. The van der Waals surface area contributed by atoms with Gasteiger partial charge in [0, 0.05) is 19.7 Å². The fourth-order valence-electron chi connectivity index (χ4n) is 2.12. The highest BCUT2D eigenvalue weighted by Crippen LogP contribution is 2.17. The molecule has 0 spiro atoms. The van der Waals surface area contributed by atoms with Crippen molar-refractivity contribution in [1.29, 1.82) is 0 Å². The molecule has 0 aromatic carbocycles. The number of rotatable bonds is 6. The molecule has 3 N–H and O–H groups in total. The molecule has 1 unspecified atom stereocenters. The zero-order valence-corrected chi connectivity index (χ0v) is 11.7. The van der Waals surface area contributed by atoms with Crippen LogP contribution in [0.5, 0.6) is 0 Å². The van der Waals surface area contributed by atoms with E-state index in [0.29, 0.717) is 18.9 Å². The Balaban J connectivity index is 2.52. The highest BCUT2D eigenvalue weighted by atomic mass is 16.1. The number of aromatic nitrogens is 2. The van der Waals surface area contributed by atoms with Gasteiger partial charge in [-0.25, -0.2) is 0 Å². The summed E-state index contributed by atoms with van der Waals surface area (Å²) in [6, 6.07) is 0. The Hall–Kier alpha value is -1.36. The van der Waals surface area contributed by atoms with E-state index in [1.54, 1.807) is 4.68 Å². The number of nitrogens with one attached hydrogen (secondary N) is 1. The molecular weight excluding hydrogens is 228 g/mol. The Morgan fingerprint density at radius 3 is 2.67 bits per heavy atom. The Labute approximate surface area is 109 Å². The molecule has 102 valence electrons. The molecular formula is C13H24N4O. The van der Waals surface area contributed by atoms with Crippen LogP contribution >= 0.6 is 0 Å². The highest BCUT2D eigenvalue weighted by molar-refractivity contribution is 5.91. The molecule has 1 heterocycles. The molecule has 5 heteroatoms. The second-order valence-corrected chi connectivity index (χ2v) is 5.29. The van der Waals surface area contributed by atoms with E-state index in [2.05, 4.69) is 24.3 Å². The number of amides is 1. The predicted octanol–water partition coefficient (Wildman–Crippen LogP) is 1.68. The van der Waals surface area contributed by atoms with Crippen LogP contribution in [0.25, 0.3) is 0 Å². The lowest BCUT2D eigenvalue weighted by molar-refractivity contribution is -0.117. The third kappa shape index (κ3) is 4.49. The van der Waals surface area contributed by atoms with Crippen LogP contribution in [0, 0.1) is 18.8 Å². The summed E-state index contributed by atoms with van der Waals surface area (Å²) in [5.41, 5.74) is 7.31. The van der Waals surface area contributed by atoms with Gasteiger partial charge in [-0.15, -0.1) is 0 Å². The van der Waals surface area contributed by atoms with Gasteiger partial charge in [-0.1, -0.05) is 13.8 Å². The number of nitrogens with zero attached hydrogens (tertiary/aromatic N) is 2. The SMILES string of the molecule is Cc1nn(C)cc1NC(=O)CC(CN)CC(C)C. The maximum atomic E-state index is 11.9. The van der Waals surface area contributed by atoms with Gasteiger partial charge in [-0.05, 0) is 31.7 Å². The van der Waals surface area contributed by atoms with Crippen LogP contribution in [0.2, 0.25) is 0 Å². The Morgan fingerprint density at radius 2 is 2.22 bits per heavy atom. The van der Waals surface area contributed by atoms with Gasteiger partial charge in [-0.2, -0.15) is 5.10 Å². The van der Waals surface area contributed by atoms with Gasteiger partial charge in [0.05, 0.1) is 11.4 Å². The van der Waals surface area contributed by atoms with Crippen molar-refractivity contribution in [3.63, 3.8) is 0 Å². The monoisotopic (exact) mass is 252 g/mol. The molecule has 1 aromatic heterocycles. The van der Waals surface area contributed by atoms with Crippen LogP contribution in [0.1, 0.15) is 32.4 Å². The van der Waals surface area contributed by atoms with Crippen molar-refractivity contribution >= 4 is 11.6 Å². The third-order valence-electron chi connectivity index (χ3n) is 2.90. The van der Waals surface area contributed by atoms with Gasteiger partial charge in [0.2, 0.25) is 5.91 Å². The van der Waals surface area contributed by atoms with E-state index in [1.165, 1.54) is 0 Å². The summed E-state index contributed by atoms with van der Waals surface area (Å²) >= 11 is 0. The molecule has 1 aromatic rings. The minimum absolute atomic E-state index is 0.0159. The molecule has 0 aliphatic rings. The van der Waals surface area contributed by atoms with E-state index in [-0.39, 0.29) is 11.8 Å². The smallest absolute Gasteiger partial charge is 0.224 e. The first kappa shape index (κ1) is 14.7. The van der Waals surface area contributed by atoms with E-state index in [1.807, 2.05) is 20.2 Å². The molecule has 1 atom stereocenters. The van der Waals surface area contributed by atoms with E-state index < -0.39 is 0 Å². The summed E-state index contributed by atoms with van der Waals surface area (Å²) in [6.07, 6.45) is 3.27. The van der Waals surface area contributed by atoms with Crippen molar-refractivity contribution in [2.75, 3.05) is 11.9 Å². The molecule has 1 amide bonds. The van der Waals surface area contributed by atoms with Gasteiger partial charge >= 0.3 is 0 Å². The lowest BCUT2D eigenvalue weighted by Crippen LogP contribution is -2.23. The van der Waals surface area contributed by atoms with Crippen molar-refractivity contribution in [3.8, 4) is 0 Å².